The highest BCUT2D eigenvalue weighted by atomic mass is 32.2. The van der Waals surface area contributed by atoms with Gasteiger partial charge in [0, 0.05) is 29.8 Å². The molecular weight excluding hydrogens is 438 g/mol. The van der Waals surface area contributed by atoms with Crippen molar-refractivity contribution in [1.29, 1.82) is 0 Å². The third kappa shape index (κ3) is 5.64. The van der Waals surface area contributed by atoms with Crippen molar-refractivity contribution in [3.05, 3.63) is 65.5 Å². The van der Waals surface area contributed by atoms with Gasteiger partial charge in [-0.15, -0.1) is 11.8 Å². The van der Waals surface area contributed by atoms with Crippen molar-refractivity contribution in [2.45, 2.75) is 43.9 Å². The second kappa shape index (κ2) is 10.2. The van der Waals surface area contributed by atoms with E-state index < -0.39 is 10.7 Å². The number of para-hydroxylation sites is 1. The van der Waals surface area contributed by atoms with Crippen LogP contribution in [0.5, 0.6) is 0 Å². The van der Waals surface area contributed by atoms with Crippen LogP contribution in [0.15, 0.2) is 53.4 Å². The molecule has 3 rings (SSSR count). The van der Waals surface area contributed by atoms with Gasteiger partial charge in [-0.05, 0) is 51.5 Å². The molecule has 0 spiro atoms. The van der Waals surface area contributed by atoms with E-state index in [2.05, 4.69) is 5.32 Å². The highest BCUT2D eigenvalue weighted by molar-refractivity contribution is 8.01. The molecule has 1 heterocycles. The number of rotatable bonds is 9. The van der Waals surface area contributed by atoms with Gasteiger partial charge in [0.2, 0.25) is 0 Å². The Kier molecular flexibility index (Phi) is 7.61. The van der Waals surface area contributed by atoms with E-state index in [9.17, 15) is 14.7 Å². The Labute approximate surface area is 198 Å². The van der Waals surface area contributed by atoms with E-state index in [1.807, 2.05) is 66.9 Å². The molecule has 0 saturated heterocycles. The van der Waals surface area contributed by atoms with Gasteiger partial charge in [0.05, 0.1) is 12.3 Å². The van der Waals surface area contributed by atoms with Crippen LogP contribution in [0.2, 0.25) is 0 Å². The first-order valence-electron chi connectivity index (χ1n) is 10.6. The monoisotopic (exact) mass is 467 g/mol. The van der Waals surface area contributed by atoms with Crippen molar-refractivity contribution < 1.29 is 19.4 Å². The van der Waals surface area contributed by atoms with E-state index in [1.165, 1.54) is 11.8 Å². The van der Waals surface area contributed by atoms with E-state index in [4.69, 9.17) is 9.72 Å². The lowest BCUT2D eigenvalue weighted by atomic mass is 10.2. The SMILES string of the molecule is COCCn1c(-c2ccc(SC(C)(C)C(=O)O)cc2)nc(C)c1C(=O)Nc1ccccc1C. The lowest BCUT2D eigenvalue weighted by Gasteiger charge is -2.18. The fraction of sp³-hybridized carbons (Fsp3) is 0.320. The Morgan fingerprint density at radius 3 is 2.39 bits per heavy atom. The number of aryl methyl sites for hydroxylation is 2. The molecule has 0 atom stereocenters. The van der Waals surface area contributed by atoms with Crippen molar-refractivity contribution in [2.75, 3.05) is 19.0 Å². The summed E-state index contributed by atoms with van der Waals surface area (Å²) in [5, 5.41) is 12.4. The summed E-state index contributed by atoms with van der Waals surface area (Å²) in [6, 6.07) is 15.2. The van der Waals surface area contributed by atoms with Crippen LogP contribution in [-0.4, -0.2) is 45.0 Å². The Morgan fingerprint density at radius 2 is 1.79 bits per heavy atom. The topological polar surface area (TPSA) is 93.4 Å². The molecule has 0 aliphatic carbocycles. The Bertz CT molecular complexity index is 1150. The highest BCUT2D eigenvalue weighted by Gasteiger charge is 2.28. The Balaban J connectivity index is 1.95. The fourth-order valence-electron chi connectivity index (χ4n) is 3.39. The van der Waals surface area contributed by atoms with E-state index in [-0.39, 0.29) is 5.91 Å². The number of hydrogen-bond acceptors (Lipinski definition) is 5. The minimum atomic E-state index is -0.935. The van der Waals surface area contributed by atoms with Gasteiger partial charge in [0.15, 0.2) is 0 Å². The summed E-state index contributed by atoms with van der Waals surface area (Å²) in [4.78, 5) is 30.2. The summed E-state index contributed by atoms with van der Waals surface area (Å²) >= 11 is 1.28. The van der Waals surface area contributed by atoms with Crippen molar-refractivity contribution >= 4 is 29.3 Å². The number of aromatic nitrogens is 2. The second-order valence-electron chi connectivity index (χ2n) is 8.22. The molecule has 0 unspecified atom stereocenters. The van der Waals surface area contributed by atoms with Gasteiger partial charge in [0.1, 0.15) is 16.3 Å². The molecule has 3 aromatic rings. The van der Waals surface area contributed by atoms with Gasteiger partial charge in [-0.1, -0.05) is 30.3 Å². The normalized spacial score (nSPS) is 11.4. The number of anilines is 1. The maximum Gasteiger partial charge on any atom is 0.319 e. The molecule has 7 nitrogen and oxygen atoms in total. The minimum absolute atomic E-state index is 0.230. The zero-order valence-electron chi connectivity index (χ0n) is 19.5. The van der Waals surface area contributed by atoms with Gasteiger partial charge in [-0.3, -0.25) is 9.59 Å². The van der Waals surface area contributed by atoms with Gasteiger partial charge in [-0.2, -0.15) is 0 Å². The molecule has 0 aliphatic heterocycles. The van der Waals surface area contributed by atoms with E-state index in [0.717, 1.165) is 21.7 Å². The average Bonchev–Trinajstić information content (AvgIpc) is 3.10. The van der Waals surface area contributed by atoms with Gasteiger partial charge in [0.25, 0.3) is 5.91 Å². The van der Waals surface area contributed by atoms with Crippen molar-refractivity contribution in [1.82, 2.24) is 9.55 Å². The fourth-order valence-corrected chi connectivity index (χ4v) is 4.33. The average molecular weight is 468 g/mol. The lowest BCUT2D eigenvalue weighted by molar-refractivity contribution is -0.138. The summed E-state index contributed by atoms with van der Waals surface area (Å²) in [7, 11) is 1.62. The summed E-state index contributed by atoms with van der Waals surface area (Å²) in [5.74, 6) is -0.438. The number of carboxylic acid groups (broad SMARTS) is 1. The predicted octanol–water partition coefficient (Wildman–Crippen LogP) is 5.02. The number of methoxy groups -OCH3 is 1. The van der Waals surface area contributed by atoms with Crippen LogP contribution >= 0.6 is 11.8 Å². The predicted molar refractivity (Wildman–Crippen MR) is 131 cm³/mol. The molecule has 0 saturated carbocycles. The zero-order chi connectivity index (χ0) is 24.2. The molecule has 0 fully saturated rings. The van der Waals surface area contributed by atoms with Crippen molar-refractivity contribution in [2.24, 2.45) is 0 Å². The molecule has 2 aromatic carbocycles. The smallest absolute Gasteiger partial charge is 0.319 e. The number of thioether (sulfide) groups is 1. The maximum absolute atomic E-state index is 13.2. The summed E-state index contributed by atoms with van der Waals surface area (Å²) in [6.07, 6.45) is 0. The van der Waals surface area contributed by atoms with Crippen LogP contribution < -0.4 is 5.32 Å². The maximum atomic E-state index is 13.2. The first kappa shape index (κ1) is 24.5. The summed E-state index contributed by atoms with van der Waals surface area (Å²) < 4.78 is 6.21. The van der Waals surface area contributed by atoms with Crippen LogP contribution in [0.4, 0.5) is 5.69 Å². The molecule has 2 N–H and O–H groups in total. The molecule has 1 aromatic heterocycles. The van der Waals surface area contributed by atoms with Gasteiger partial charge >= 0.3 is 5.97 Å². The van der Waals surface area contributed by atoms with Gasteiger partial charge in [-0.25, -0.2) is 4.98 Å². The Morgan fingerprint density at radius 1 is 1.12 bits per heavy atom. The van der Waals surface area contributed by atoms with Crippen LogP contribution in [0, 0.1) is 13.8 Å². The highest BCUT2D eigenvalue weighted by Crippen LogP contribution is 2.34. The number of carbonyl (C=O) groups excluding carboxylic acids is 1. The van der Waals surface area contributed by atoms with Crippen LogP contribution in [0.25, 0.3) is 11.4 Å². The van der Waals surface area contributed by atoms with E-state index in [0.29, 0.717) is 30.4 Å². The van der Waals surface area contributed by atoms with E-state index >= 15 is 0 Å². The third-order valence-electron chi connectivity index (χ3n) is 5.27. The minimum Gasteiger partial charge on any atom is -0.480 e. The van der Waals surface area contributed by atoms with Crippen LogP contribution in [-0.2, 0) is 16.1 Å². The number of nitrogens with one attached hydrogen (secondary N) is 1. The van der Waals surface area contributed by atoms with Crippen molar-refractivity contribution in [3.8, 4) is 11.4 Å². The number of carboxylic acids is 1. The molecule has 1 amide bonds. The largest absolute Gasteiger partial charge is 0.480 e. The molecule has 0 aliphatic rings. The van der Waals surface area contributed by atoms with E-state index in [1.54, 1.807) is 21.0 Å². The number of imidazole rings is 1. The van der Waals surface area contributed by atoms with Gasteiger partial charge < -0.3 is 19.7 Å². The number of benzene rings is 2. The number of amides is 1. The molecule has 8 heteroatoms. The lowest BCUT2D eigenvalue weighted by Crippen LogP contribution is -2.26. The van der Waals surface area contributed by atoms with Crippen LogP contribution in [0.3, 0.4) is 0 Å². The summed E-state index contributed by atoms with van der Waals surface area (Å²) in [6.45, 7) is 8.00. The molecule has 174 valence electrons. The number of carbonyl (C=O) groups is 2. The summed E-state index contributed by atoms with van der Waals surface area (Å²) in [5.41, 5.74) is 3.67. The first-order valence-corrected chi connectivity index (χ1v) is 11.4. The number of aliphatic carboxylic acids is 1. The molecule has 33 heavy (non-hydrogen) atoms. The molecule has 0 radical (unpaired) electrons. The van der Waals surface area contributed by atoms with Crippen molar-refractivity contribution in [3.63, 3.8) is 0 Å². The number of hydrogen-bond donors (Lipinski definition) is 2. The van der Waals surface area contributed by atoms with Crippen LogP contribution in [0.1, 0.15) is 35.6 Å². The zero-order valence-corrected chi connectivity index (χ0v) is 20.3. The molecular formula is C25H29N3O4S. The standard InChI is InChI=1S/C25H29N3O4S/c1-16-8-6-7-9-20(16)27-23(29)21-17(2)26-22(28(21)14-15-32-5)18-10-12-19(13-11-18)33-25(3,4)24(30)31/h6-13H,14-15H2,1-5H3,(H,27,29)(H,30,31). The second-order valence-corrected chi connectivity index (χ2v) is 9.92. The molecule has 0 bridgehead atoms. The number of ether oxygens (including phenoxy) is 1. The Hall–Kier alpha value is -3.10. The quantitative estimate of drug-likeness (QED) is 0.429. The first-order chi connectivity index (χ1) is 15.6. The number of nitrogens with zero attached hydrogens (tertiary/aromatic N) is 2. The third-order valence-corrected chi connectivity index (χ3v) is 6.46.